The van der Waals surface area contributed by atoms with E-state index in [0.717, 1.165) is 41.4 Å². The molecule has 1 saturated heterocycles. The van der Waals surface area contributed by atoms with Crippen LogP contribution >= 0.6 is 0 Å². The summed E-state index contributed by atoms with van der Waals surface area (Å²) in [5.41, 5.74) is 3.98. The van der Waals surface area contributed by atoms with E-state index in [9.17, 15) is 4.79 Å². The van der Waals surface area contributed by atoms with Gasteiger partial charge < -0.3 is 19.1 Å². The predicted octanol–water partition coefficient (Wildman–Crippen LogP) is 4.15. The third kappa shape index (κ3) is 4.11. The molecular weight excluding hydrogens is 356 g/mol. The van der Waals surface area contributed by atoms with Crippen LogP contribution in [0.1, 0.15) is 34.3 Å². The van der Waals surface area contributed by atoms with Gasteiger partial charge in [-0.05, 0) is 43.5 Å². The maximum Gasteiger partial charge on any atom is 0.337 e. The first-order valence-electron chi connectivity index (χ1n) is 9.31. The Labute approximate surface area is 165 Å². The van der Waals surface area contributed by atoms with Gasteiger partial charge in [-0.1, -0.05) is 6.07 Å². The van der Waals surface area contributed by atoms with E-state index in [0.29, 0.717) is 11.3 Å². The fourth-order valence-corrected chi connectivity index (χ4v) is 3.34. The summed E-state index contributed by atoms with van der Waals surface area (Å²) >= 11 is 0. The first-order chi connectivity index (χ1) is 13.6. The van der Waals surface area contributed by atoms with E-state index in [-0.39, 0.29) is 5.97 Å². The number of methoxy groups -OCH3 is 3. The number of carbonyl (C=O) groups is 1. The lowest BCUT2D eigenvalue weighted by atomic mass is 10.1. The van der Waals surface area contributed by atoms with Gasteiger partial charge >= 0.3 is 5.97 Å². The van der Waals surface area contributed by atoms with Crippen molar-refractivity contribution in [2.75, 3.05) is 39.3 Å². The van der Waals surface area contributed by atoms with Crippen LogP contribution in [-0.4, -0.2) is 46.6 Å². The summed E-state index contributed by atoms with van der Waals surface area (Å²) in [6.07, 6.45) is 4.10. The van der Waals surface area contributed by atoms with Crippen LogP contribution in [0, 0.1) is 6.92 Å². The van der Waals surface area contributed by atoms with Gasteiger partial charge in [0.1, 0.15) is 11.5 Å². The molecule has 6 nitrogen and oxygen atoms in total. The van der Waals surface area contributed by atoms with Gasteiger partial charge in [0.15, 0.2) is 0 Å². The Kier molecular flexibility index (Phi) is 6.19. The quantitative estimate of drug-likeness (QED) is 0.555. The summed E-state index contributed by atoms with van der Waals surface area (Å²) < 4.78 is 16.0. The number of rotatable bonds is 6. The highest BCUT2D eigenvalue weighted by Gasteiger charge is 2.19. The van der Waals surface area contributed by atoms with Gasteiger partial charge in [-0.25, -0.2) is 4.79 Å². The highest BCUT2D eigenvalue weighted by atomic mass is 16.5. The Balaban J connectivity index is 1.96. The Bertz CT molecular complexity index is 886. The number of aliphatic imine (C=N–C) groups is 1. The number of nitrogens with zero attached hydrogens (tertiary/aromatic N) is 2. The third-order valence-electron chi connectivity index (χ3n) is 4.95. The van der Waals surface area contributed by atoms with Crippen LogP contribution in [0.4, 0.5) is 11.4 Å². The molecule has 6 heteroatoms. The van der Waals surface area contributed by atoms with Gasteiger partial charge in [0.25, 0.3) is 0 Å². The number of ether oxygens (including phenoxy) is 3. The molecule has 0 spiro atoms. The highest BCUT2D eigenvalue weighted by molar-refractivity contribution is 5.92. The zero-order chi connectivity index (χ0) is 20.1. The zero-order valence-electron chi connectivity index (χ0n) is 16.8. The Morgan fingerprint density at radius 1 is 1.04 bits per heavy atom. The largest absolute Gasteiger partial charge is 0.496 e. The second-order valence-electron chi connectivity index (χ2n) is 6.71. The molecule has 28 heavy (non-hydrogen) atoms. The summed E-state index contributed by atoms with van der Waals surface area (Å²) in [7, 11) is 4.69. The van der Waals surface area contributed by atoms with Crippen LogP contribution in [-0.2, 0) is 4.74 Å². The molecule has 1 fully saturated rings. The lowest BCUT2D eigenvalue weighted by Crippen LogP contribution is -2.18. The molecule has 0 aromatic heterocycles. The number of aryl methyl sites for hydroxylation is 1. The molecule has 3 rings (SSSR count). The molecule has 0 saturated carbocycles. The minimum absolute atomic E-state index is 0.384. The summed E-state index contributed by atoms with van der Waals surface area (Å²) in [6.45, 7) is 3.99. The molecule has 1 heterocycles. The van der Waals surface area contributed by atoms with Gasteiger partial charge in [-0.2, -0.15) is 0 Å². The fourth-order valence-electron chi connectivity index (χ4n) is 3.34. The van der Waals surface area contributed by atoms with Gasteiger partial charge in [-0.15, -0.1) is 0 Å². The van der Waals surface area contributed by atoms with Crippen molar-refractivity contribution in [2.24, 2.45) is 4.99 Å². The number of hydrogen-bond donors (Lipinski definition) is 0. The standard InChI is InChI=1S/C22H26N2O4/c1-15-7-8-16(22(25)28-4)11-18(15)23-14-17-12-21(27-3)19(13-20(17)26-2)24-9-5-6-10-24/h7-8,11-14H,5-6,9-10H2,1-4H3. The molecule has 2 aromatic carbocycles. The Morgan fingerprint density at radius 2 is 1.75 bits per heavy atom. The maximum absolute atomic E-state index is 11.8. The number of carbonyl (C=O) groups excluding carboxylic acids is 1. The van der Waals surface area contributed by atoms with E-state index in [4.69, 9.17) is 14.2 Å². The minimum Gasteiger partial charge on any atom is -0.496 e. The summed E-state index contributed by atoms with van der Waals surface area (Å²) in [4.78, 5) is 18.7. The van der Waals surface area contributed by atoms with Crippen molar-refractivity contribution in [3.05, 3.63) is 47.0 Å². The van der Waals surface area contributed by atoms with Crippen molar-refractivity contribution in [1.82, 2.24) is 0 Å². The molecule has 0 N–H and O–H groups in total. The van der Waals surface area contributed by atoms with Crippen LogP contribution in [0.2, 0.25) is 0 Å². The van der Waals surface area contributed by atoms with Crippen LogP contribution in [0.15, 0.2) is 35.3 Å². The second-order valence-corrected chi connectivity index (χ2v) is 6.71. The van der Waals surface area contributed by atoms with Gasteiger partial charge in [0.2, 0.25) is 0 Å². The van der Waals surface area contributed by atoms with Crippen LogP contribution < -0.4 is 14.4 Å². The van der Waals surface area contributed by atoms with Gasteiger partial charge in [0.05, 0.1) is 38.3 Å². The van der Waals surface area contributed by atoms with E-state index in [1.807, 2.05) is 25.1 Å². The van der Waals surface area contributed by atoms with E-state index < -0.39 is 0 Å². The molecule has 1 aliphatic rings. The first kappa shape index (κ1) is 19.7. The second kappa shape index (κ2) is 8.78. The predicted molar refractivity (Wildman–Crippen MR) is 111 cm³/mol. The number of hydrogen-bond acceptors (Lipinski definition) is 6. The van der Waals surface area contributed by atoms with Gasteiger partial charge in [-0.3, -0.25) is 4.99 Å². The molecule has 148 valence electrons. The zero-order valence-corrected chi connectivity index (χ0v) is 16.8. The Hall–Kier alpha value is -3.02. The first-order valence-corrected chi connectivity index (χ1v) is 9.31. The topological polar surface area (TPSA) is 60.4 Å². The lowest BCUT2D eigenvalue weighted by molar-refractivity contribution is 0.0601. The Morgan fingerprint density at radius 3 is 2.39 bits per heavy atom. The third-order valence-corrected chi connectivity index (χ3v) is 4.95. The summed E-state index contributed by atoms with van der Waals surface area (Å²) in [6, 6.07) is 9.25. The molecule has 0 radical (unpaired) electrons. The maximum atomic E-state index is 11.8. The van der Waals surface area contributed by atoms with Gasteiger partial charge in [0, 0.05) is 30.9 Å². The molecule has 1 aliphatic heterocycles. The monoisotopic (exact) mass is 382 g/mol. The average molecular weight is 382 g/mol. The van der Waals surface area contributed by atoms with Crippen molar-refractivity contribution in [1.29, 1.82) is 0 Å². The van der Waals surface area contributed by atoms with Crippen molar-refractivity contribution < 1.29 is 19.0 Å². The van der Waals surface area contributed by atoms with Crippen LogP contribution in [0.25, 0.3) is 0 Å². The van der Waals surface area contributed by atoms with Crippen molar-refractivity contribution in [3.63, 3.8) is 0 Å². The van der Waals surface area contributed by atoms with Crippen molar-refractivity contribution in [2.45, 2.75) is 19.8 Å². The molecule has 0 atom stereocenters. The van der Waals surface area contributed by atoms with E-state index in [2.05, 4.69) is 9.89 Å². The molecular formula is C22H26N2O4. The SMILES string of the molecule is COC(=O)c1ccc(C)c(N=Cc2cc(OC)c(N3CCCC3)cc2OC)c1. The average Bonchev–Trinajstić information content (AvgIpc) is 3.26. The molecule has 0 aliphatic carbocycles. The van der Waals surface area contributed by atoms with Crippen LogP contribution in [0.5, 0.6) is 11.5 Å². The lowest BCUT2D eigenvalue weighted by Gasteiger charge is -2.22. The summed E-state index contributed by atoms with van der Waals surface area (Å²) in [5.74, 6) is 1.14. The molecule has 0 unspecified atom stereocenters. The number of benzene rings is 2. The molecule has 0 bridgehead atoms. The van der Waals surface area contributed by atoms with E-state index in [1.54, 1.807) is 32.6 Å². The van der Waals surface area contributed by atoms with Crippen LogP contribution in [0.3, 0.4) is 0 Å². The van der Waals surface area contributed by atoms with E-state index in [1.165, 1.54) is 20.0 Å². The minimum atomic E-state index is -0.384. The van der Waals surface area contributed by atoms with Crippen molar-refractivity contribution in [3.8, 4) is 11.5 Å². The molecule has 0 amide bonds. The summed E-state index contributed by atoms with van der Waals surface area (Å²) in [5, 5.41) is 0. The number of anilines is 1. The molecule has 2 aromatic rings. The normalized spacial score (nSPS) is 13.8. The smallest absolute Gasteiger partial charge is 0.337 e. The number of esters is 1. The highest BCUT2D eigenvalue weighted by Crippen LogP contribution is 2.36. The van der Waals surface area contributed by atoms with E-state index >= 15 is 0 Å². The fraction of sp³-hybridized carbons (Fsp3) is 0.364. The van der Waals surface area contributed by atoms with Crippen molar-refractivity contribution >= 4 is 23.6 Å².